The van der Waals surface area contributed by atoms with E-state index in [1.807, 2.05) is 24.3 Å². The summed E-state index contributed by atoms with van der Waals surface area (Å²) >= 11 is 2.21. The number of pyridine rings is 1. The number of hydrogen-bond acceptors (Lipinski definition) is 5. The Kier molecular flexibility index (Phi) is 4.39. The summed E-state index contributed by atoms with van der Waals surface area (Å²) in [5.74, 6) is 0.120. The molecule has 0 atom stereocenters. The summed E-state index contributed by atoms with van der Waals surface area (Å²) in [5.41, 5.74) is 3.36. The van der Waals surface area contributed by atoms with Gasteiger partial charge >= 0.3 is 5.69 Å². The molecule has 0 fully saturated rings. The summed E-state index contributed by atoms with van der Waals surface area (Å²) in [5, 5.41) is 14.7. The number of nitrogens with one attached hydrogen (secondary N) is 1. The predicted molar refractivity (Wildman–Crippen MR) is 81.3 cm³/mol. The van der Waals surface area contributed by atoms with Gasteiger partial charge in [0.05, 0.1) is 11.1 Å². The molecule has 0 aliphatic carbocycles. The van der Waals surface area contributed by atoms with Crippen LogP contribution in [0.4, 0.5) is 11.5 Å². The van der Waals surface area contributed by atoms with E-state index in [1.165, 1.54) is 18.3 Å². The summed E-state index contributed by atoms with van der Waals surface area (Å²) in [6.07, 6.45) is 3.05. The number of nitrogens with zero attached hydrogens (tertiary/aromatic N) is 3. The minimum Gasteiger partial charge on any atom is -0.258 e. The van der Waals surface area contributed by atoms with Crippen molar-refractivity contribution in [1.82, 2.24) is 4.98 Å². The molecule has 1 N–H and O–H groups in total. The third kappa shape index (κ3) is 3.71. The first kappa shape index (κ1) is 13.4. The van der Waals surface area contributed by atoms with Gasteiger partial charge in [-0.25, -0.2) is 4.98 Å². The van der Waals surface area contributed by atoms with Crippen LogP contribution in [0.25, 0.3) is 0 Å². The molecule has 0 radical (unpaired) electrons. The first-order valence-corrected chi connectivity index (χ1v) is 6.39. The van der Waals surface area contributed by atoms with Crippen molar-refractivity contribution < 1.29 is 4.92 Å². The molecule has 1 aromatic heterocycles. The van der Waals surface area contributed by atoms with Crippen molar-refractivity contribution in [2.24, 2.45) is 5.10 Å². The zero-order valence-corrected chi connectivity index (χ0v) is 11.8. The number of anilines is 1. The molecule has 1 aromatic carbocycles. The van der Waals surface area contributed by atoms with Crippen LogP contribution in [0.1, 0.15) is 5.56 Å². The molecule has 0 aliphatic rings. The van der Waals surface area contributed by atoms with Gasteiger partial charge < -0.3 is 0 Å². The SMILES string of the molecule is O=[N+]([O-])c1cccnc1NN=Cc1ccc(I)cc1. The van der Waals surface area contributed by atoms with Gasteiger partial charge in [0, 0.05) is 15.8 Å². The Labute approximate surface area is 122 Å². The maximum atomic E-state index is 10.8. The van der Waals surface area contributed by atoms with Gasteiger partial charge in [0.25, 0.3) is 0 Å². The molecule has 0 unspecified atom stereocenters. The molecule has 0 saturated heterocycles. The standard InChI is InChI=1S/C12H9IN4O2/c13-10-5-3-9(4-6-10)8-15-16-12-11(17(18)19)2-1-7-14-12/h1-8H,(H,14,16). The number of nitro groups is 1. The van der Waals surface area contributed by atoms with Crippen LogP contribution in [-0.4, -0.2) is 16.1 Å². The molecule has 7 heteroatoms. The molecule has 6 nitrogen and oxygen atoms in total. The quantitative estimate of drug-likeness (QED) is 0.389. The van der Waals surface area contributed by atoms with E-state index in [9.17, 15) is 10.1 Å². The van der Waals surface area contributed by atoms with Crippen LogP contribution in [0.15, 0.2) is 47.7 Å². The van der Waals surface area contributed by atoms with Crippen LogP contribution in [0.2, 0.25) is 0 Å². The van der Waals surface area contributed by atoms with E-state index in [2.05, 4.69) is 38.1 Å². The van der Waals surface area contributed by atoms with Crippen molar-refractivity contribution in [2.45, 2.75) is 0 Å². The van der Waals surface area contributed by atoms with E-state index in [4.69, 9.17) is 0 Å². The van der Waals surface area contributed by atoms with Gasteiger partial charge in [-0.2, -0.15) is 5.10 Å². The third-order valence-corrected chi connectivity index (χ3v) is 2.96. The van der Waals surface area contributed by atoms with Gasteiger partial charge in [-0.3, -0.25) is 15.5 Å². The third-order valence-electron chi connectivity index (χ3n) is 2.24. The molecular weight excluding hydrogens is 359 g/mol. The molecule has 0 aliphatic heterocycles. The highest BCUT2D eigenvalue weighted by molar-refractivity contribution is 14.1. The molecule has 19 heavy (non-hydrogen) atoms. The Morgan fingerprint density at radius 1 is 1.32 bits per heavy atom. The minimum absolute atomic E-state index is 0.109. The van der Waals surface area contributed by atoms with Gasteiger partial charge in [-0.1, -0.05) is 12.1 Å². The van der Waals surface area contributed by atoms with Crippen molar-refractivity contribution in [3.05, 3.63) is 61.8 Å². The van der Waals surface area contributed by atoms with E-state index in [0.717, 1.165) is 9.13 Å². The lowest BCUT2D eigenvalue weighted by Crippen LogP contribution is -1.98. The average Bonchev–Trinajstić information content (AvgIpc) is 2.41. The normalized spacial score (nSPS) is 10.6. The van der Waals surface area contributed by atoms with Gasteiger partial charge in [-0.05, 0) is 46.4 Å². The smallest absolute Gasteiger partial charge is 0.258 e. The average molecular weight is 368 g/mol. The Balaban J connectivity index is 2.10. The first-order valence-electron chi connectivity index (χ1n) is 5.31. The topological polar surface area (TPSA) is 80.4 Å². The Morgan fingerprint density at radius 2 is 2.05 bits per heavy atom. The summed E-state index contributed by atoms with van der Waals surface area (Å²) in [6.45, 7) is 0. The summed E-state index contributed by atoms with van der Waals surface area (Å²) in [7, 11) is 0. The van der Waals surface area contributed by atoms with E-state index in [1.54, 1.807) is 6.21 Å². The summed E-state index contributed by atoms with van der Waals surface area (Å²) < 4.78 is 1.13. The van der Waals surface area contributed by atoms with Crippen molar-refractivity contribution in [3.63, 3.8) is 0 Å². The van der Waals surface area contributed by atoms with Crippen LogP contribution in [0, 0.1) is 13.7 Å². The second-order valence-corrected chi connectivity index (χ2v) is 4.80. The highest BCUT2D eigenvalue weighted by Gasteiger charge is 2.12. The van der Waals surface area contributed by atoms with Gasteiger partial charge in [0.1, 0.15) is 0 Å². The number of benzene rings is 1. The number of halogens is 1. The van der Waals surface area contributed by atoms with Crippen molar-refractivity contribution >= 4 is 40.3 Å². The Hall–Kier alpha value is -2.03. The molecule has 2 rings (SSSR count). The van der Waals surface area contributed by atoms with Crippen molar-refractivity contribution in [1.29, 1.82) is 0 Å². The number of aromatic nitrogens is 1. The van der Waals surface area contributed by atoms with Crippen LogP contribution in [0.3, 0.4) is 0 Å². The van der Waals surface area contributed by atoms with Gasteiger partial charge in [0.2, 0.25) is 5.82 Å². The lowest BCUT2D eigenvalue weighted by Gasteiger charge is -1.99. The monoisotopic (exact) mass is 368 g/mol. The Bertz CT molecular complexity index is 613. The molecule has 0 bridgehead atoms. The lowest BCUT2D eigenvalue weighted by atomic mass is 10.2. The zero-order valence-electron chi connectivity index (χ0n) is 9.65. The second-order valence-electron chi connectivity index (χ2n) is 3.55. The molecule has 1 heterocycles. The van der Waals surface area contributed by atoms with Crippen molar-refractivity contribution in [3.8, 4) is 0 Å². The van der Waals surface area contributed by atoms with Crippen LogP contribution in [0.5, 0.6) is 0 Å². The van der Waals surface area contributed by atoms with E-state index in [-0.39, 0.29) is 11.5 Å². The molecule has 0 spiro atoms. The first-order chi connectivity index (χ1) is 9.16. The summed E-state index contributed by atoms with van der Waals surface area (Å²) in [4.78, 5) is 14.1. The molecule has 96 valence electrons. The van der Waals surface area contributed by atoms with E-state index in [0.29, 0.717) is 0 Å². The van der Waals surface area contributed by atoms with Crippen LogP contribution in [-0.2, 0) is 0 Å². The molecule has 0 saturated carbocycles. The van der Waals surface area contributed by atoms with Crippen LogP contribution >= 0.6 is 22.6 Å². The van der Waals surface area contributed by atoms with Gasteiger partial charge in [0.15, 0.2) is 0 Å². The maximum absolute atomic E-state index is 10.8. The van der Waals surface area contributed by atoms with Crippen LogP contribution < -0.4 is 5.43 Å². The fourth-order valence-corrected chi connectivity index (χ4v) is 1.71. The van der Waals surface area contributed by atoms with E-state index >= 15 is 0 Å². The second kappa shape index (κ2) is 6.23. The zero-order chi connectivity index (χ0) is 13.7. The largest absolute Gasteiger partial charge is 0.313 e. The fourth-order valence-electron chi connectivity index (χ4n) is 1.35. The minimum atomic E-state index is -0.504. The van der Waals surface area contributed by atoms with E-state index < -0.39 is 4.92 Å². The fraction of sp³-hybridized carbons (Fsp3) is 0. The molecule has 2 aromatic rings. The molecular formula is C12H9IN4O2. The highest BCUT2D eigenvalue weighted by Crippen LogP contribution is 2.19. The summed E-state index contributed by atoms with van der Waals surface area (Å²) in [6, 6.07) is 10.6. The number of hydrazone groups is 1. The molecule has 0 amide bonds. The predicted octanol–water partition coefficient (Wildman–Crippen LogP) is 3.04. The van der Waals surface area contributed by atoms with Gasteiger partial charge in [-0.15, -0.1) is 0 Å². The number of hydrogen-bond donors (Lipinski definition) is 1. The highest BCUT2D eigenvalue weighted by atomic mass is 127. The Morgan fingerprint density at radius 3 is 2.74 bits per heavy atom. The van der Waals surface area contributed by atoms with Crippen molar-refractivity contribution in [2.75, 3.05) is 5.43 Å². The number of rotatable bonds is 4. The maximum Gasteiger partial charge on any atom is 0.313 e. The lowest BCUT2D eigenvalue weighted by molar-refractivity contribution is -0.384.